The molecule has 40 heavy (non-hydrogen) atoms. The van der Waals surface area contributed by atoms with E-state index in [-0.39, 0.29) is 23.3 Å². The van der Waals surface area contributed by atoms with Crippen molar-refractivity contribution in [1.82, 2.24) is 10.2 Å². The lowest BCUT2D eigenvalue weighted by Gasteiger charge is -2.32. The first kappa shape index (κ1) is 30.7. The van der Waals surface area contributed by atoms with Crippen LogP contribution in [0.3, 0.4) is 0 Å². The average molecular weight is 566 g/mol. The Morgan fingerprint density at radius 3 is 2.10 bits per heavy atom. The molecule has 0 saturated carbocycles. The number of anilines is 1. The van der Waals surface area contributed by atoms with E-state index in [0.717, 1.165) is 15.4 Å². The summed E-state index contributed by atoms with van der Waals surface area (Å²) in [6.45, 7) is 7.78. The summed E-state index contributed by atoms with van der Waals surface area (Å²) in [5, 5.41) is 2.90. The Kier molecular flexibility index (Phi) is 10.7. The number of hydrogen-bond donors (Lipinski definition) is 1. The van der Waals surface area contributed by atoms with Crippen molar-refractivity contribution in [1.29, 1.82) is 0 Å². The van der Waals surface area contributed by atoms with Crippen LogP contribution in [-0.2, 0) is 26.0 Å². The Bertz CT molecular complexity index is 1360. The fraction of sp³-hybridized carbons (Fsp3) is 0.355. The maximum absolute atomic E-state index is 13.9. The van der Waals surface area contributed by atoms with Gasteiger partial charge >= 0.3 is 0 Å². The predicted octanol–water partition coefficient (Wildman–Crippen LogP) is 4.43. The third-order valence-electron chi connectivity index (χ3n) is 6.58. The molecule has 0 fully saturated rings. The Morgan fingerprint density at radius 1 is 0.900 bits per heavy atom. The highest BCUT2D eigenvalue weighted by molar-refractivity contribution is 7.92. The topological polar surface area (TPSA) is 96.0 Å². The largest absolute Gasteiger partial charge is 0.497 e. The minimum Gasteiger partial charge on any atom is -0.497 e. The molecule has 1 N–H and O–H groups in total. The van der Waals surface area contributed by atoms with Crippen molar-refractivity contribution in [2.75, 3.05) is 31.0 Å². The third kappa shape index (κ3) is 8.08. The number of sulfonamides is 1. The van der Waals surface area contributed by atoms with Crippen molar-refractivity contribution < 1.29 is 22.7 Å². The molecule has 214 valence electrons. The van der Waals surface area contributed by atoms with Gasteiger partial charge in [0.1, 0.15) is 18.3 Å². The molecule has 3 rings (SSSR count). The molecule has 8 nitrogen and oxygen atoms in total. The molecular formula is C31H39N3O5S. The number of rotatable bonds is 13. The molecule has 0 unspecified atom stereocenters. The Labute approximate surface area is 238 Å². The first-order valence-corrected chi connectivity index (χ1v) is 14.8. The number of carbonyl (C=O) groups excluding carboxylic acids is 2. The molecule has 3 aromatic rings. The van der Waals surface area contributed by atoms with Gasteiger partial charge in [-0.2, -0.15) is 0 Å². The molecule has 0 aliphatic heterocycles. The van der Waals surface area contributed by atoms with Crippen LogP contribution in [0.2, 0.25) is 0 Å². The van der Waals surface area contributed by atoms with Gasteiger partial charge in [0.15, 0.2) is 0 Å². The molecule has 0 heterocycles. The van der Waals surface area contributed by atoms with Crippen molar-refractivity contribution in [3.05, 3.63) is 90.0 Å². The van der Waals surface area contributed by atoms with E-state index in [2.05, 4.69) is 5.32 Å². The molecule has 0 bridgehead atoms. The van der Waals surface area contributed by atoms with E-state index in [9.17, 15) is 18.0 Å². The first-order chi connectivity index (χ1) is 19.0. The van der Waals surface area contributed by atoms with Gasteiger partial charge < -0.3 is 15.0 Å². The van der Waals surface area contributed by atoms with Crippen LogP contribution in [0, 0.1) is 12.8 Å². The number of methoxy groups -OCH3 is 1. The molecular weight excluding hydrogens is 526 g/mol. The molecule has 0 radical (unpaired) electrons. The van der Waals surface area contributed by atoms with E-state index in [4.69, 9.17) is 4.74 Å². The minimum atomic E-state index is -4.11. The SMILES string of the molecule is COc1ccc(N(CC(=O)N(CCc2ccccc2)[C@H](C)C(=O)NCC(C)C)S(=O)(=O)c2ccc(C)cc2)cc1. The molecule has 0 aliphatic rings. The smallest absolute Gasteiger partial charge is 0.264 e. The molecule has 2 amide bonds. The summed E-state index contributed by atoms with van der Waals surface area (Å²) in [4.78, 5) is 28.5. The van der Waals surface area contributed by atoms with Crippen LogP contribution < -0.4 is 14.4 Å². The normalized spacial score (nSPS) is 12.1. The van der Waals surface area contributed by atoms with Gasteiger partial charge in [-0.05, 0) is 68.1 Å². The summed E-state index contributed by atoms with van der Waals surface area (Å²) < 4.78 is 34.1. The van der Waals surface area contributed by atoms with Crippen LogP contribution in [-0.4, -0.2) is 57.9 Å². The van der Waals surface area contributed by atoms with E-state index in [1.165, 1.54) is 24.1 Å². The average Bonchev–Trinajstić information content (AvgIpc) is 2.95. The van der Waals surface area contributed by atoms with Crippen molar-refractivity contribution in [2.45, 2.75) is 45.1 Å². The number of amides is 2. The molecule has 9 heteroatoms. The highest BCUT2D eigenvalue weighted by Crippen LogP contribution is 2.26. The Morgan fingerprint density at radius 2 is 1.52 bits per heavy atom. The Balaban J connectivity index is 1.96. The van der Waals surface area contributed by atoms with E-state index in [1.54, 1.807) is 43.3 Å². The molecule has 0 aromatic heterocycles. The van der Waals surface area contributed by atoms with Crippen molar-refractivity contribution in [3.63, 3.8) is 0 Å². The van der Waals surface area contributed by atoms with Gasteiger partial charge in [0.05, 0.1) is 17.7 Å². The number of carbonyl (C=O) groups is 2. The minimum absolute atomic E-state index is 0.0697. The molecule has 1 atom stereocenters. The van der Waals surface area contributed by atoms with Crippen LogP contribution in [0.4, 0.5) is 5.69 Å². The van der Waals surface area contributed by atoms with Gasteiger partial charge in [-0.1, -0.05) is 61.9 Å². The van der Waals surface area contributed by atoms with Gasteiger partial charge in [0.2, 0.25) is 11.8 Å². The van der Waals surface area contributed by atoms with E-state index in [1.807, 2.05) is 51.1 Å². The van der Waals surface area contributed by atoms with Gasteiger partial charge in [-0.3, -0.25) is 13.9 Å². The number of ether oxygens (including phenoxy) is 1. The number of nitrogens with zero attached hydrogens (tertiary/aromatic N) is 2. The second-order valence-corrected chi connectivity index (χ2v) is 12.0. The van der Waals surface area contributed by atoms with Crippen LogP contribution in [0.25, 0.3) is 0 Å². The third-order valence-corrected chi connectivity index (χ3v) is 8.37. The second kappa shape index (κ2) is 14.0. The zero-order chi connectivity index (χ0) is 29.3. The fourth-order valence-electron chi connectivity index (χ4n) is 4.14. The summed E-state index contributed by atoms with van der Waals surface area (Å²) in [6.07, 6.45) is 0.516. The maximum Gasteiger partial charge on any atom is 0.264 e. The summed E-state index contributed by atoms with van der Waals surface area (Å²) in [5.41, 5.74) is 2.24. The lowest BCUT2D eigenvalue weighted by molar-refractivity contribution is -0.138. The molecule has 0 spiro atoms. The lowest BCUT2D eigenvalue weighted by atomic mass is 10.1. The van der Waals surface area contributed by atoms with Crippen LogP contribution in [0.1, 0.15) is 31.9 Å². The summed E-state index contributed by atoms with van der Waals surface area (Å²) >= 11 is 0. The highest BCUT2D eigenvalue weighted by Gasteiger charge is 2.32. The first-order valence-electron chi connectivity index (χ1n) is 13.4. The predicted molar refractivity (Wildman–Crippen MR) is 158 cm³/mol. The van der Waals surface area contributed by atoms with E-state index >= 15 is 0 Å². The van der Waals surface area contributed by atoms with E-state index in [0.29, 0.717) is 24.4 Å². The van der Waals surface area contributed by atoms with Gasteiger partial charge in [0.25, 0.3) is 10.0 Å². The fourth-order valence-corrected chi connectivity index (χ4v) is 5.55. The van der Waals surface area contributed by atoms with Gasteiger partial charge in [-0.15, -0.1) is 0 Å². The molecule has 0 aliphatic carbocycles. The lowest BCUT2D eigenvalue weighted by Crippen LogP contribution is -2.52. The standard InChI is InChI=1S/C31H39N3O5S/c1-23(2)21-32-31(36)25(4)33(20-19-26-9-7-6-8-10-26)30(35)22-34(27-13-15-28(39-5)16-14-27)40(37,38)29-17-11-24(3)12-18-29/h6-18,23,25H,19-22H2,1-5H3,(H,32,36)/t25-/m1/s1. The summed E-state index contributed by atoms with van der Waals surface area (Å²) in [5.74, 6) is 0.0414. The van der Waals surface area contributed by atoms with Crippen LogP contribution >= 0.6 is 0 Å². The van der Waals surface area contributed by atoms with Gasteiger partial charge in [0, 0.05) is 13.1 Å². The summed E-state index contributed by atoms with van der Waals surface area (Å²) in [7, 11) is -2.59. The van der Waals surface area contributed by atoms with Crippen molar-refractivity contribution in [3.8, 4) is 5.75 Å². The van der Waals surface area contributed by atoms with Crippen LogP contribution in [0.15, 0.2) is 83.8 Å². The van der Waals surface area contributed by atoms with E-state index < -0.39 is 28.5 Å². The maximum atomic E-state index is 13.9. The Hall–Kier alpha value is -3.85. The van der Waals surface area contributed by atoms with Crippen LogP contribution in [0.5, 0.6) is 5.75 Å². The van der Waals surface area contributed by atoms with Crippen molar-refractivity contribution in [2.24, 2.45) is 5.92 Å². The molecule has 0 saturated heterocycles. The number of nitrogens with one attached hydrogen (secondary N) is 1. The number of benzene rings is 3. The number of hydrogen-bond acceptors (Lipinski definition) is 5. The molecule has 3 aromatic carbocycles. The zero-order valence-electron chi connectivity index (χ0n) is 23.8. The zero-order valence-corrected chi connectivity index (χ0v) is 24.6. The quantitative estimate of drug-likeness (QED) is 0.331. The summed E-state index contributed by atoms with van der Waals surface area (Å²) in [6, 6.07) is 21.8. The highest BCUT2D eigenvalue weighted by atomic mass is 32.2. The second-order valence-electron chi connectivity index (χ2n) is 10.2. The monoisotopic (exact) mass is 565 g/mol. The number of aryl methyl sites for hydroxylation is 1. The van der Waals surface area contributed by atoms with Crippen molar-refractivity contribution >= 4 is 27.5 Å². The van der Waals surface area contributed by atoms with Gasteiger partial charge in [-0.25, -0.2) is 8.42 Å².